The van der Waals surface area contributed by atoms with E-state index in [1.165, 1.54) is 18.2 Å². The van der Waals surface area contributed by atoms with Gasteiger partial charge in [-0.2, -0.15) is 8.42 Å². The fraction of sp³-hybridized carbons (Fsp3) is 0.200. The average Bonchev–Trinajstić information content (AvgIpc) is 2.22. The molecular weight excluding hydrogens is 232 g/mol. The molecule has 0 heterocycles. The first-order valence-corrected chi connectivity index (χ1v) is 5.96. The highest BCUT2D eigenvalue weighted by molar-refractivity contribution is 7.86. The van der Waals surface area contributed by atoms with Crippen molar-refractivity contribution in [3.05, 3.63) is 41.5 Å². The third-order valence-corrected chi connectivity index (χ3v) is 3.85. The third-order valence-electron chi connectivity index (χ3n) is 2.60. The van der Waals surface area contributed by atoms with E-state index in [9.17, 15) is 18.6 Å². The largest absolute Gasteiger partial charge is 0.384 e. The summed E-state index contributed by atoms with van der Waals surface area (Å²) in [5.74, 6) is 0. The van der Waals surface area contributed by atoms with Crippen LogP contribution in [0, 0.1) is 0 Å². The van der Waals surface area contributed by atoms with Crippen molar-refractivity contribution in [1.29, 1.82) is 0 Å². The molecule has 0 aliphatic heterocycles. The van der Waals surface area contributed by atoms with Gasteiger partial charge in [-0.3, -0.25) is 4.55 Å². The van der Waals surface area contributed by atoms with Crippen molar-refractivity contribution < 1.29 is 23.2 Å². The molecule has 0 radical (unpaired) electrons. The van der Waals surface area contributed by atoms with Gasteiger partial charge in [0.15, 0.2) is 0 Å². The van der Waals surface area contributed by atoms with Crippen molar-refractivity contribution in [2.75, 3.05) is 0 Å². The summed E-state index contributed by atoms with van der Waals surface area (Å²) in [5, 5.41) is 19.5. The van der Waals surface area contributed by atoms with Gasteiger partial charge in [-0.1, -0.05) is 36.4 Å². The second-order valence-electron chi connectivity index (χ2n) is 3.56. The first-order chi connectivity index (χ1) is 7.37. The van der Waals surface area contributed by atoms with Crippen molar-refractivity contribution in [3.8, 4) is 0 Å². The van der Waals surface area contributed by atoms with Crippen LogP contribution in [0.3, 0.4) is 0 Å². The first kappa shape index (κ1) is 11.3. The Kier molecular flexibility index (Phi) is 2.39. The van der Waals surface area contributed by atoms with E-state index in [1.54, 1.807) is 12.1 Å². The standard InChI is InChI=1S/C10H10O5S/c11-9-6-5-7-3-1-2-4-8(7)10(9,12)16(13,14)15/h1-6,9,11-12H,(H,13,14,15). The highest BCUT2D eigenvalue weighted by Gasteiger charge is 2.50. The summed E-state index contributed by atoms with van der Waals surface area (Å²) in [6.45, 7) is 0. The fourth-order valence-corrected chi connectivity index (χ4v) is 2.59. The Morgan fingerprint density at radius 2 is 1.88 bits per heavy atom. The van der Waals surface area contributed by atoms with Crippen LogP contribution in [0.25, 0.3) is 6.08 Å². The summed E-state index contributed by atoms with van der Waals surface area (Å²) in [6.07, 6.45) is 0.910. The summed E-state index contributed by atoms with van der Waals surface area (Å²) < 4.78 is 31.4. The maximum Gasteiger partial charge on any atom is 0.302 e. The molecule has 0 saturated carbocycles. The number of rotatable bonds is 1. The molecule has 1 aromatic rings. The van der Waals surface area contributed by atoms with Crippen molar-refractivity contribution >= 4 is 16.2 Å². The number of benzene rings is 1. The van der Waals surface area contributed by atoms with Crippen LogP contribution in [0.5, 0.6) is 0 Å². The summed E-state index contributed by atoms with van der Waals surface area (Å²) >= 11 is 0. The first-order valence-electron chi connectivity index (χ1n) is 4.52. The minimum Gasteiger partial charge on any atom is -0.384 e. The molecule has 2 rings (SSSR count). The van der Waals surface area contributed by atoms with Gasteiger partial charge in [-0.25, -0.2) is 0 Å². The molecule has 16 heavy (non-hydrogen) atoms. The Labute approximate surface area is 92.4 Å². The number of hydrogen-bond acceptors (Lipinski definition) is 4. The summed E-state index contributed by atoms with van der Waals surface area (Å²) in [5.41, 5.74) is 0.403. The lowest BCUT2D eigenvalue weighted by molar-refractivity contribution is 0.00209. The predicted octanol–water partition coefficient (Wildman–Crippen LogP) is 0.107. The van der Waals surface area contributed by atoms with Crippen molar-refractivity contribution in [1.82, 2.24) is 0 Å². The van der Waals surface area contributed by atoms with Gasteiger partial charge in [0, 0.05) is 5.56 Å². The molecule has 3 N–H and O–H groups in total. The van der Waals surface area contributed by atoms with Gasteiger partial charge >= 0.3 is 10.1 Å². The van der Waals surface area contributed by atoms with Crippen LogP contribution in [0.1, 0.15) is 11.1 Å². The van der Waals surface area contributed by atoms with Crippen LogP contribution in [0.4, 0.5) is 0 Å². The van der Waals surface area contributed by atoms with Crippen LogP contribution in [-0.2, 0) is 15.1 Å². The van der Waals surface area contributed by atoms with Gasteiger partial charge in [0.05, 0.1) is 0 Å². The van der Waals surface area contributed by atoms with Crippen LogP contribution >= 0.6 is 0 Å². The summed E-state index contributed by atoms with van der Waals surface area (Å²) in [6, 6.07) is 6.09. The van der Waals surface area contributed by atoms with Gasteiger partial charge in [0.2, 0.25) is 4.93 Å². The molecule has 0 amide bonds. The topological polar surface area (TPSA) is 94.8 Å². The van der Waals surface area contributed by atoms with Gasteiger partial charge < -0.3 is 10.2 Å². The van der Waals surface area contributed by atoms with Crippen LogP contribution in [0.15, 0.2) is 30.3 Å². The van der Waals surface area contributed by atoms with E-state index in [2.05, 4.69) is 0 Å². The van der Waals surface area contributed by atoms with Gasteiger partial charge in [-0.05, 0) is 5.56 Å². The summed E-state index contributed by atoms with van der Waals surface area (Å²) in [4.78, 5) is -2.70. The van der Waals surface area contributed by atoms with Crippen LogP contribution in [-0.4, -0.2) is 29.3 Å². The molecule has 1 aliphatic carbocycles. The number of fused-ring (bicyclic) bond motifs is 1. The van der Waals surface area contributed by atoms with E-state index in [1.807, 2.05) is 0 Å². The van der Waals surface area contributed by atoms with E-state index in [-0.39, 0.29) is 5.56 Å². The van der Waals surface area contributed by atoms with E-state index < -0.39 is 21.2 Å². The molecular formula is C10H10O5S. The Hall–Kier alpha value is -1.21. The summed E-state index contributed by atoms with van der Waals surface area (Å²) in [7, 11) is -4.83. The molecule has 2 atom stereocenters. The zero-order valence-electron chi connectivity index (χ0n) is 8.11. The maximum absolute atomic E-state index is 11.2. The minimum atomic E-state index is -4.83. The molecule has 0 spiro atoms. The third kappa shape index (κ3) is 1.39. The number of hydrogen-bond donors (Lipinski definition) is 3. The zero-order valence-corrected chi connectivity index (χ0v) is 8.92. The van der Waals surface area contributed by atoms with E-state index >= 15 is 0 Å². The fourth-order valence-electron chi connectivity index (χ4n) is 1.74. The SMILES string of the molecule is O=S(=O)(O)C1(O)c2ccccc2C=CC1O. The molecule has 1 aromatic carbocycles. The van der Waals surface area contributed by atoms with Gasteiger partial charge in [0.1, 0.15) is 6.10 Å². The monoisotopic (exact) mass is 242 g/mol. The second kappa shape index (κ2) is 3.39. The number of aliphatic hydroxyl groups excluding tert-OH is 1. The zero-order chi connectivity index (χ0) is 12.0. The Balaban J connectivity index is 2.76. The van der Waals surface area contributed by atoms with E-state index in [4.69, 9.17) is 4.55 Å². The predicted molar refractivity (Wildman–Crippen MR) is 56.9 cm³/mol. The molecule has 1 aliphatic rings. The smallest absolute Gasteiger partial charge is 0.302 e. The van der Waals surface area contributed by atoms with Gasteiger partial charge in [0.25, 0.3) is 0 Å². The molecule has 0 fully saturated rings. The Bertz CT molecular complexity index is 548. The molecule has 0 bridgehead atoms. The number of aliphatic hydroxyl groups is 2. The lowest BCUT2D eigenvalue weighted by atomic mass is 9.92. The molecule has 5 nitrogen and oxygen atoms in total. The molecule has 2 unspecified atom stereocenters. The Morgan fingerprint density at radius 1 is 1.25 bits per heavy atom. The lowest BCUT2D eigenvalue weighted by Crippen LogP contribution is -2.47. The highest BCUT2D eigenvalue weighted by atomic mass is 32.2. The van der Waals surface area contributed by atoms with Crippen molar-refractivity contribution in [2.45, 2.75) is 11.0 Å². The van der Waals surface area contributed by atoms with E-state index in [0.717, 1.165) is 6.08 Å². The normalized spacial score (nSPS) is 28.8. The van der Waals surface area contributed by atoms with Crippen molar-refractivity contribution in [3.63, 3.8) is 0 Å². The molecule has 86 valence electrons. The lowest BCUT2D eigenvalue weighted by Gasteiger charge is -2.32. The van der Waals surface area contributed by atoms with Crippen LogP contribution in [0.2, 0.25) is 0 Å². The van der Waals surface area contributed by atoms with E-state index in [0.29, 0.717) is 5.56 Å². The Morgan fingerprint density at radius 3 is 2.50 bits per heavy atom. The van der Waals surface area contributed by atoms with Gasteiger partial charge in [-0.15, -0.1) is 0 Å². The highest BCUT2D eigenvalue weighted by Crippen LogP contribution is 2.37. The quantitative estimate of drug-likeness (QED) is 0.607. The van der Waals surface area contributed by atoms with Crippen LogP contribution < -0.4 is 0 Å². The molecule has 0 saturated heterocycles. The maximum atomic E-state index is 11.2. The molecule has 6 heteroatoms. The average molecular weight is 242 g/mol. The minimum absolute atomic E-state index is 0.0347. The second-order valence-corrected chi connectivity index (χ2v) is 5.14. The molecule has 0 aromatic heterocycles. The van der Waals surface area contributed by atoms with Crippen molar-refractivity contribution in [2.24, 2.45) is 0 Å².